The molecule has 0 unspecified atom stereocenters. The van der Waals surface area contributed by atoms with Crippen LogP contribution in [0.15, 0.2) is 54.7 Å². The number of rotatable bonds is 13. The third-order valence-corrected chi connectivity index (χ3v) is 6.16. The third-order valence-electron chi connectivity index (χ3n) is 6.16. The number of hydrogen-bond donors (Lipinski definition) is 2. The normalized spacial score (nSPS) is 10.9. The summed E-state index contributed by atoms with van der Waals surface area (Å²) in [6, 6.07) is 16.2. The Bertz CT molecular complexity index is 1080. The average Bonchev–Trinajstić information content (AvgIpc) is 3.28. The number of aryl methyl sites for hydroxylation is 1. The quantitative estimate of drug-likeness (QED) is 0.355. The smallest absolute Gasteiger partial charge is 0.317 e. The first kappa shape index (κ1) is 26.3. The van der Waals surface area contributed by atoms with E-state index in [4.69, 9.17) is 4.74 Å². The van der Waals surface area contributed by atoms with E-state index >= 15 is 0 Å². The maximum absolute atomic E-state index is 13.5. The van der Waals surface area contributed by atoms with E-state index in [0.717, 1.165) is 30.3 Å². The van der Waals surface area contributed by atoms with Gasteiger partial charge in [-0.1, -0.05) is 61.4 Å². The predicted octanol–water partition coefficient (Wildman–Crippen LogP) is 4.51. The van der Waals surface area contributed by atoms with Gasteiger partial charge in [0.05, 0.1) is 6.61 Å². The number of methoxy groups -OCH3 is 1. The van der Waals surface area contributed by atoms with Gasteiger partial charge in [0.1, 0.15) is 6.54 Å². The van der Waals surface area contributed by atoms with Gasteiger partial charge in [0.2, 0.25) is 5.91 Å². The molecule has 0 aliphatic carbocycles. The molecule has 3 rings (SSSR count). The van der Waals surface area contributed by atoms with Crippen LogP contribution in [0.2, 0.25) is 0 Å². The average molecular weight is 479 g/mol. The number of amides is 3. The molecule has 3 aromatic rings. The van der Waals surface area contributed by atoms with Crippen molar-refractivity contribution < 1.29 is 14.3 Å². The fourth-order valence-electron chi connectivity index (χ4n) is 4.00. The van der Waals surface area contributed by atoms with Gasteiger partial charge >= 0.3 is 6.03 Å². The molecule has 0 spiro atoms. The molecular formula is C28H38N4O3. The van der Waals surface area contributed by atoms with E-state index in [-0.39, 0.29) is 18.5 Å². The SMILES string of the molecule is CCCCNC(=O)N(CCOC)CC(=O)N(CCc1c[nH]c2ccccc12)Cc1ccc(C)cc1. The standard InChI is InChI=1S/C28H38N4O3/c1-4-5-15-29-28(34)32(17-18-35-3)21-27(33)31(20-23-12-10-22(2)11-13-23)16-14-24-19-30-26-9-7-6-8-25(24)26/h6-13,19,30H,4-5,14-18,20-21H2,1-3H3,(H,29,34). The Morgan fingerprint density at radius 1 is 1.03 bits per heavy atom. The van der Waals surface area contributed by atoms with Crippen LogP contribution in [-0.4, -0.2) is 66.6 Å². The molecule has 7 heteroatoms. The minimum absolute atomic E-state index is 0.0149. The first-order valence-electron chi connectivity index (χ1n) is 12.4. The number of carbonyl (C=O) groups is 2. The number of H-pyrrole nitrogens is 1. The van der Waals surface area contributed by atoms with Crippen LogP contribution in [0, 0.1) is 6.92 Å². The van der Waals surface area contributed by atoms with E-state index in [0.29, 0.717) is 32.8 Å². The van der Waals surface area contributed by atoms with Crippen molar-refractivity contribution in [2.75, 3.05) is 39.9 Å². The Morgan fingerprint density at radius 3 is 2.54 bits per heavy atom. The lowest BCUT2D eigenvalue weighted by molar-refractivity contribution is -0.132. The van der Waals surface area contributed by atoms with E-state index in [1.165, 1.54) is 16.5 Å². The highest BCUT2D eigenvalue weighted by atomic mass is 16.5. The molecule has 7 nitrogen and oxygen atoms in total. The van der Waals surface area contributed by atoms with Gasteiger partial charge in [-0.05, 0) is 37.0 Å². The molecule has 0 saturated heterocycles. The zero-order valence-electron chi connectivity index (χ0n) is 21.2. The second kappa shape index (κ2) is 13.5. The Kier molecular flexibility index (Phi) is 10.2. The van der Waals surface area contributed by atoms with Crippen LogP contribution in [-0.2, 0) is 22.5 Å². The van der Waals surface area contributed by atoms with Crippen LogP contribution < -0.4 is 5.32 Å². The van der Waals surface area contributed by atoms with Gasteiger partial charge in [0.25, 0.3) is 0 Å². The first-order valence-corrected chi connectivity index (χ1v) is 12.4. The molecule has 188 valence electrons. The molecule has 0 radical (unpaired) electrons. The molecule has 2 N–H and O–H groups in total. The summed E-state index contributed by atoms with van der Waals surface area (Å²) < 4.78 is 5.18. The number of aromatic nitrogens is 1. The van der Waals surface area contributed by atoms with Crippen LogP contribution in [0.1, 0.15) is 36.5 Å². The summed E-state index contributed by atoms with van der Waals surface area (Å²) >= 11 is 0. The Morgan fingerprint density at radius 2 is 1.80 bits per heavy atom. The molecule has 35 heavy (non-hydrogen) atoms. The van der Waals surface area contributed by atoms with Crippen molar-refractivity contribution in [2.45, 2.75) is 39.7 Å². The van der Waals surface area contributed by atoms with Crippen molar-refractivity contribution in [1.82, 2.24) is 20.1 Å². The maximum atomic E-state index is 13.5. The lowest BCUT2D eigenvalue weighted by Crippen LogP contribution is -2.48. The molecule has 0 saturated carbocycles. The topological polar surface area (TPSA) is 77.7 Å². The first-order chi connectivity index (χ1) is 17.0. The monoisotopic (exact) mass is 478 g/mol. The largest absolute Gasteiger partial charge is 0.383 e. The molecule has 0 aliphatic heterocycles. The molecule has 3 amide bonds. The van der Waals surface area contributed by atoms with Gasteiger partial charge in [0.15, 0.2) is 0 Å². The van der Waals surface area contributed by atoms with Crippen LogP contribution in [0.5, 0.6) is 0 Å². The number of fused-ring (bicyclic) bond motifs is 1. The zero-order chi connectivity index (χ0) is 25.0. The molecule has 0 atom stereocenters. The Labute approximate surface area is 208 Å². The molecule has 0 bridgehead atoms. The minimum atomic E-state index is -0.226. The number of unbranched alkanes of at least 4 members (excludes halogenated alkanes) is 1. The van der Waals surface area contributed by atoms with Gasteiger partial charge in [-0.3, -0.25) is 4.79 Å². The number of hydrogen-bond acceptors (Lipinski definition) is 3. The number of urea groups is 1. The lowest BCUT2D eigenvalue weighted by atomic mass is 10.1. The van der Waals surface area contributed by atoms with Crippen molar-refractivity contribution >= 4 is 22.8 Å². The van der Waals surface area contributed by atoms with E-state index in [1.54, 1.807) is 12.0 Å². The van der Waals surface area contributed by atoms with E-state index in [2.05, 4.69) is 60.5 Å². The predicted molar refractivity (Wildman–Crippen MR) is 140 cm³/mol. The molecule has 1 heterocycles. The summed E-state index contributed by atoms with van der Waals surface area (Å²) in [5, 5.41) is 4.10. The highest BCUT2D eigenvalue weighted by Gasteiger charge is 2.22. The van der Waals surface area contributed by atoms with Crippen molar-refractivity contribution in [3.8, 4) is 0 Å². The number of nitrogens with one attached hydrogen (secondary N) is 2. The van der Waals surface area contributed by atoms with E-state index < -0.39 is 0 Å². The number of aromatic amines is 1. The summed E-state index contributed by atoms with van der Waals surface area (Å²) in [6.07, 6.45) is 4.64. The van der Waals surface area contributed by atoms with Gasteiger partial charge in [0, 0.05) is 50.4 Å². The Hall–Kier alpha value is -3.32. The molecule has 1 aromatic heterocycles. The summed E-state index contributed by atoms with van der Waals surface area (Å²) in [4.78, 5) is 33.0. The maximum Gasteiger partial charge on any atom is 0.317 e. The minimum Gasteiger partial charge on any atom is -0.383 e. The number of ether oxygens (including phenoxy) is 1. The highest BCUT2D eigenvalue weighted by molar-refractivity contribution is 5.85. The van der Waals surface area contributed by atoms with Crippen molar-refractivity contribution in [2.24, 2.45) is 0 Å². The molecule has 0 fully saturated rings. The van der Waals surface area contributed by atoms with Gasteiger partial charge in [-0.2, -0.15) is 0 Å². The molecule has 2 aromatic carbocycles. The van der Waals surface area contributed by atoms with Crippen molar-refractivity contribution in [1.29, 1.82) is 0 Å². The second-order valence-electron chi connectivity index (χ2n) is 8.91. The Balaban J connectivity index is 1.74. The van der Waals surface area contributed by atoms with E-state index in [1.807, 2.05) is 23.2 Å². The number of benzene rings is 2. The van der Waals surface area contributed by atoms with Gasteiger partial charge < -0.3 is 24.8 Å². The number of nitrogens with zero attached hydrogens (tertiary/aromatic N) is 2. The molecular weight excluding hydrogens is 440 g/mol. The van der Waals surface area contributed by atoms with Crippen LogP contribution in [0.4, 0.5) is 4.79 Å². The van der Waals surface area contributed by atoms with Crippen molar-refractivity contribution in [3.63, 3.8) is 0 Å². The summed E-state index contributed by atoms with van der Waals surface area (Å²) in [5.74, 6) is -0.0767. The molecule has 0 aliphatic rings. The fraction of sp³-hybridized carbons (Fsp3) is 0.429. The zero-order valence-corrected chi connectivity index (χ0v) is 21.2. The summed E-state index contributed by atoms with van der Waals surface area (Å²) in [7, 11) is 1.60. The number of carbonyl (C=O) groups excluding carboxylic acids is 2. The summed E-state index contributed by atoms with van der Waals surface area (Å²) in [6.45, 7) is 6.54. The van der Waals surface area contributed by atoms with Crippen molar-refractivity contribution in [3.05, 3.63) is 71.4 Å². The van der Waals surface area contributed by atoms with Crippen LogP contribution in [0.25, 0.3) is 10.9 Å². The lowest BCUT2D eigenvalue weighted by Gasteiger charge is -2.28. The fourth-order valence-corrected chi connectivity index (χ4v) is 4.00. The van der Waals surface area contributed by atoms with Gasteiger partial charge in [-0.15, -0.1) is 0 Å². The second-order valence-corrected chi connectivity index (χ2v) is 8.91. The highest BCUT2D eigenvalue weighted by Crippen LogP contribution is 2.19. The number of para-hydroxylation sites is 1. The third kappa shape index (κ3) is 7.86. The van der Waals surface area contributed by atoms with Gasteiger partial charge in [-0.25, -0.2) is 4.79 Å². The van der Waals surface area contributed by atoms with Crippen LogP contribution in [0.3, 0.4) is 0 Å². The van der Waals surface area contributed by atoms with E-state index in [9.17, 15) is 9.59 Å². The summed E-state index contributed by atoms with van der Waals surface area (Å²) in [5.41, 5.74) is 4.52. The van der Waals surface area contributed by atoms with Crippen LogP contribution >= 0.6 is 0 Å².